The van der Waals surface area contributed by atoms with Crippen molar-refractivity contribution in [2.45, 2.75) is 13.8 Å². The number of hydrogen-bond acceptors (Lipinski definition) is 6. The van der Waals surface area contributed by atoms with Crippen LogP contribution in [0.4, 0.5) is 11.5 Å². The number of hydrogen-bond donors (Lipinski definition) is 1. The van der Waals surface area contributed by atoms with Gasteiger partial charge in [0.1, 0.15) is 5.65 Å². The second-order valence-electron chi connectivity index (χ2n) is 5.49. The Bertz CT molecular complexity index is 1010. The Labute approximate surface area is 148 Å². The molecule has 0 aliphatic heterocycles. The summed E-state index contributed by atoms with van der Waals surface area (Å²) in [5.74, 6) is -1.34. The molecule has 0 aliphatic carbocycles. The van der Waals surface area contributed by atoms with Crippen LogP contribution in [0.1, 0.15) is 33.3 Å². The molecule has 3 aromatic rings. The third-order valence-electron chi connectivity index (χ3n) is 3.58. The van der Waals surface area contributed by atoms with E-state index in [0.717, 1.165) is 5.56 Å². The van der Waals surface area contributed by atoms with E-state index in [0.29, 0.717) is 11.3 Å². The Kier molecular flexibility index (Phi) is 4.74. The minimum atomic E-state index is -1.02. The summed E-state index contributed by atoms with van der Waals surface area (Å²) in [5.41, 5.74) is 2.19. The minimum absolute atomic E-state index is 0.0726. The number of benzene rings is 1. The first-order valence-corrected chi connectivity index (χ1v) is 7.90. The molecule has 0 amide bonds. The molecule has 0 saturated heterocycles. The molecule has 3 rings (SSSR count). The molecule has 1 aromatic carbocycles. The van der Waals surface area contributed by atoms with E-state index in [2.05, 4.69) is 15.2 Å². The number of esters is 1. The van der Waals surface area contributed by atoms with Crippen molar-refractivity contribution >= 4 is 29.1 Å². The summed E-state index contributed by atoms with van der Waals surface area (Å²) in [6.45, 7) is 3.84. The second kappa shape index (κ2) is 7.14. The van der Waals surface area contributed by atoms with Gasteiger partial charge in [-0.25, -0.2) is 14.6 Å². The van der Waals surface area contributed by atoms with E-state index in [9.17, 15) is 9.59 Å². The number of fused-ring (bicyclic) bond motifs is 1. The number of nitrogens with zero attached hydrogens (tertiary/aromatic N) is 4. The van der Waals surface area contributed by atoms with Gasteiger partial charge in [-0.2, -0.15) is 0 Å². The number of imidazole rings is 1. The lowest BCUT2D eigenvalue weighted by Crippen LogP contribution is -2.05. The summed E-state index contributed by atoms with van der Waals surface area (Å²) >= 11 is 0. The Hall–Kier alpha value is -3.55. The molecule has 1 N–H and O–H groups in total. The van der Waals surface area contributed by atoms with Gasteiger partial charge in [-0.15, -0.1) is 10.2 Å². The summed E-state index contributed by atoms with van der Waals surface area (Å²) < 4.78 is 6.70. The number of carbonyl (C=O) groups is 2. The molecule has 8 heteroatoms. The van der Waals surface area contributed by atoms with Gasteiger partial charge in [0.25, 0.3) is 0 Å². The van der Waals surface area contributed by atoms with Crippen molar-refractivity contribution in [2.24, 2.45) is 10.2 Å². The molecule has 0 atom stereocenters. The zero-order valence-corrected chi connectivity index (χ0v) is 14.2. The standard InChI is InChI=1S/C18H16N4O4/c1-3-26-18(25)15-16(22-10-11(2)4-9-14(22)19-15)21-20-13-7-5-12(6-8-13)17(23)24/h4-10H,3H2,1-2H3,(H,23,24). The van der Waals surface area contributed by atoms with E-state index in [-0.39, 0.29) is 23.7 Å². The topological polar surface area (TPSA) is 106 Å². The highest BCUT2D eigenvalue weighted by molar-refractivity contribution is 5.93. The first-order chi connectivity index (χ1) is 12.5. The van der Waals surface area contributed by atoms with Crippen molar-refractivity contribution in [1.29, 1.82) is 0 Å². The van der Waals surface area contributed by atoms with Gasteiger partial charge in [-0.3, -0.25) is 4.40 Å². The lowest BCUT2D eigenvalue weighted by Gasteiger charge is -2.00. The third kappa shape index (κ3) is 3.44. The normalized spacial score (nSPS) is 11.2. The zero-order valence-electron chi connectivity index (χ0n) is 14.2. The summed E-state index contributed by atoms with van der Waals surface area (Å²) in [7, 11) is 0. The van der Waals surface area contributed by atoms with E-state index >= 15 is 0 Å². The van der Waals surface area contributed by atoms with Crippen LogP contribution in [0.5, 0.6) is 0 Å². The number of ether oxygens (including phenoxy) is 1. The summed E-state index contributed by atoms with van der Waals surface area (Å²) in [4.78, 5) is 27.4. The van der Waals surface area contributed by atoms with Gasteiger partial charge in [0.05, 0.1) is 17.9 Å². The molecular formula is C18H16N4O4. The smallest absolute Gasteiger partial charge is 0.360 e. The maximum atomic E-state index is 12.2. The number of pyridine rings is 1. The average Bonchev–Trinajstić information content (AvgIpc) is 2.98. The predicted molar refractivity (Wildman–Crippen MR) is 93.5 cm³/mol. The Morgan fingerprint density at radius 2 is 1.88 bits per heavy atom. The molecule has 0 unspecified atom stereocenters. The fourth-order valence-electron chi connectivity index (χ4n) is 2.35. The van der Waals surface area contributed by atoms with Gasteiger partial charge in [0.2, 0.25) is 0 Å². The number of carbonyl (C=O) groups excluding carboxylic acids is 1. The van der Waals surface area contributed by atoms with Crippen LogP contribution in [0.25, 0.3) is 5.65 Å². The van der Waals surface area contributed by atoms with E-state index < -0.39 is 11.9 Å². The largest absolute Gasteiger partial charge is 0.478 e. The first-order valence-electron chi connectivity index (χ1n) is 7.90. The molecule has 2 aromatic heterocycles. The lowest BCUT2D eigenvalue weighted by atomic mass is 10.2. The highest BCUT2D eigenvalue weighted by atomic mass is 16.5. The van der Waals surface area contributed by atoms with Crippen molar-refractivity contribution in [3.63, 3.8) is 0 Å². The predicted octanol–water partition coefficient (Wildman–Crippen LogP) is 3.93. The summed E-state index contributed by atoms with van der Waals surface area (Å²) in [6, 6.07) is 9.58. The Morgan fingerprint density at radius 1 is 1.15 bits per heavy atom. The highest BCUT2D eigenvalue weighted by Gasteiger charge is 2.20. The number of carboxylic acids is 1. The molecule has 0 radical (unpaired) electrons. The van der Waals surface area contributed by atoms with Gasteiger partial charge in [-0.1, -0.05) is 6.07 Å². The lowest BCUT2D eigenvalue weighted by molar-refractivity contribution is 0.0520. The third-order valence-corrected chi connectivity index (χ3v) is 3.58. The number of azo groups is 1. The first kappa shape index (κ1) is 17.3. The molecule has 132 valence electrons. The monoisotopic (exact) mass is 352 g/mol. The Balaban J connectivity index is 2.04. The maximum Gasteiger partial charge on any atom is 0.360 e. The van der Waals surface area contributed by atoms with Crippen LogP contribution in [0, 0.1) is 6.92 Å². The van der Waals surface area contributed by atoms with Crippen LogP contribution >= 0.6 is 0 Å². The average molecular weight is 352 g/mol. The van der Waals surface area contributed by atoms with Crippen molar-refractivity contribution in [1.82, 2.24) is 9.38 Å². The number of aryl methyl sites for hydroxylation is 1. The fourth-order valence-corrected chi connectivity index (χ4v) is 2.35. The van der Waals surface area contributed by atoms with Crippen LogP contribution in [-0.2, 0) is 4.74 Å². The van der Waals surface area contributed by atoms with Crippen LogP contribution in [-0.4, -0.2) is 33.0 Å². The van der Waals surface area contributed by atoms with E-state index in [1.54, 1.807) is 23.6 Å². The van der Waals surface area contributed by atoms with E-state index in [1.165, 1.54) is 24.3 Å². The summed E-state index contributed by atoms with van der Waals surface area (Å²) in [5, 5.41) is 17.2. The summed E-state index contributed by atoms with van der Waals surface area (Å²) in [6.07, 6.45) is 1.80. The number of carboxylic acid groups (broad SMARTS) is 1. The highest BCUT2D eigenvalue weighted by Crippen LogP contribution is 2.25. The number of rotatable bonds is 5. The quantitative estimate of drug-likeness (QED) is 0.553. The molecule has 0 fully saturated rings. The van der Waals surface area contributed by atoms with Crippen molar-refractivity contribution in [3.8, 4) is 0 Å². The Morgan fingerprint density at radius 3 is 2.54 bits per heavy atom. The molecule has 0 saturated carbocycles. The number of aromatic carboxylic acids is 1. The maximum absolute atomic E-state index is 12.2. The van der Waals surface area contributed by atoms with Gasteiger partial charge >= 0.3 is 11.9 Å². The van der Waals surface area contributed by atoms with Crippen molar-refractivity contribution in [2.75, 3.05) is 6.61 Å². The SMILES string of the molecule is CCOC(=O)c1nc2ccc(C)cn2c1N=Nc1ccc(C(=O)O)cc1. The zero-order chi connectivity index (χ0) is 18.7. The van der Waals surface area contributed by atoms with Crippen molar-refractivity contribution < 1.29 is 19.4 Å². The second-order valence-corrected chi connectivity index (χ2v) is 5.49. The van der Waals surface area contributed by atoms with Crippen LogP contribution < -0.4 is 0 Å². The van der Waals surface area contributed by atoms with Gasteiger partial charge in [0.15, 0.2) is 11.5 Å². The molecule has 26 heavy (non-hydrogen) atoms. The molecule has 0 spiro atoms. The van der Waals surface area contributed by atoms with Crippen molar-refractivity contribution in [3.05, 3.63) is 59.4 Å². The van der Waals surface area contributed by atoms with E-state index in [4.69, 9.17) is 9.84 Å². The van der Waals surface area contributed by atoms with E-state index in [1.807, 2.05) is 13.0 Å². The number of aromatic nitrogens is 2. The minimum Gasteiger partial charge on any atom is -0.478 e. The molecule has 2 heterocycles. The van der Waals surface area contributed by atoms with Gasteiger partial charge in [0, 0.05) is 6.20 Å². The van der Waals surface area contributed by atoms with Crippen LogP contribution in [0.3, 0.4) is 0 Å². The fraction of sp³-hybridized carbons (Fsp3) is 0.167. The molecule has 0 bridgehead atoms. The molecule has 0 aliphatic rings. The van der Waals surface area contributed by atoms with Gasteiger partial charge in [-0.05, 0) is 49.7 Å². The molecule has 8 nitrogen and oxygen atoms in total. The van der Waals surface area contributed by atoms with Crippen LogP contribution in [0.15, 0.2) is 52.8 Å². The van der Waals surface area contributed by atoms with Gasteiger partial charge < -0.3 is 9.84 Å². The van der Waals surface area contributed by atoms with Crippen LogP contribution in [0.2, 0.25) is 0 Å². The molecular weight excluding hydrogens is 336 g/mol.